The van der Waals surface area contributed by atoms with E-state index < -0.39 is 5.97 Å². The maximum atomic E-state index is 11.9. The molecule has 0 aliphatic carbocycles. The Labute approximate surface area is 142 Å². The van der Waals surface area contributed by atoms with Crippen LogP contribution >= 0.6 is 11.8 Å². The maximum absolute atomic E-state index is 11.9. The average molecular weight is 347 g/mol. The Bertz CT molecular complexity index is 761. The number of rotatable bonds is 8. The van der Waals surface area contributed by atoms with Crippen molar-refractivity contribution in [3.8, 4) is 11.3 Å². The molecule has 2 rings (SSSR count). The number of carbonyl (C=O) groups excluding carboxylic acids is 1. The molecule has 0 saturated carbocycles. The summed E-state index contributed by atoms with van der Waals surface area (Å²) in [4.78, 5) is 34.1. The van der Waals surface area contributed by atoms with Crippen LogP contribution in [0.2, 0.25) is 0 Å². The van der Waals surface area contributed by atoms with Crippen LogP contribution in [-0.2, 0) is 16.1 Å². The molecule has 0 aliphatic rings. The van der Waals surface area contributed by atoms with Crippen LogP contribution < -0.4 is 10.9 Å². The highest BCUT2D eigenvalue weighted by molar-refractivity contribution is 7.99. The van der Waals surface area contributed by atoms with E-state index in [-0.39, 0.29) is 23.8 Å². The van der Waals surface area contributed by atoms with Crippen molar-refractivity contribution in [2.45, 2.75) is 6.54 Å². The number of carbonyl (C=O) groups is 2. The summed E-state index contributed by atoms with van der Waals surface area (Å²) in [5.74, 6) is -0.744. The molecule has 0 saturated heterocycles. The Hall–Kier alpha value is -2.61. The minimum absolute atomic E-state index is 0.00396. The Morgan fingerprint density at radius 1 is 1.17 bits per heavy atom. The molecule has 126 valence electrons. The van der Waals surface area contributed by atoms with Gasteiger partial charge in [0.05, 0.1) is 11.4 Å². The van der Waals surface area contributed by atoms with Crippen molar-refractivity contribution in [2.24, 2.45) is 0 Å². The molecular formula is C16H17N3O4S. The molecule has 2 N–H and O–H groups in total. The summed E-state index contributed by atoms with van der Waals surface area (Å²) in [6.07, 6.45) is 0. The van der Waals surface area contributed by atoms with Crippen LogP contribution in [0, 0.1) is 0 Å². The minimum atomic E-state index is -0.889. The predicted molar refractivity (Wildman–Crippen MR) is 91.9 cm³/mol. The Balaban J connectivity index is 1.93. The molecule has 0 atom stereocenters. The molecule has 1 aromatic heterocycles. The first-order chi connectivity index (χ1) is 11.6. The molecule has 7 nitrogen and oxygen atoms in total. The van der Waals surface area contributed by atoms with E-state index in [1.165, 1.54) is 17.8 Å². The van der Waals surface area contributed by atoms with Crippen LogP contribution in [0.3, 0.4) is 0 Å². The van der Waals surface area contributed by atoms with Crippen LogP contribution in [0.25, 0.3) is 11.3 Å². The lowest BCUT2D eigenvalue weighted by Crippen LogP contribution is -2.34. The summed E-state index contributed by atoms with van der Waals surface area (Å²) in [7, 11) is 0. The third-order valence-electron chi connectivity index (χ3n) is 3.02. The van der Waals surface area contributed by atoms with Crippen LogP contribution in [-0.4, -0.2) is 44.8 Å². The molecule has 1 amide bonds. The number of aromatic nitrogens is 2. The Kier molecular flexibility index (Phi) is 6.56. The molecule has 0 radical (unpaired) electrons. The molecule has 0 fully saturated rings. The number of aliphatic carboxylic acids is 1. The normalized spacial score (nSPS) is 10.3. The summed E-state index contributed by atoms with van der Waals surface area (Å²) in [6.45, 7) is 0.160. The van der Waals surface area contributed by atoms with Gasteiger partial charge >= 0.3 is 5.97 Å². The van der Waals surface area contributed by atoms with Gasteiger partial charge in [0.1, 0.15) is 6.54 Å². The maximum Gasteiger partial charge on any atom is 0.313 e. The second-order valence-electron chi connectivity index (χ2n) is 4.88. The zero-order valence-electron chi connectivity index (χ0n) is 12.8. The van der Waals surface area contributed by atoms with Crippen LogP contribution in [0.15, 0.2) is 47.3 Å². The summed E-state index contributed by atoms with van der Waals surface area (Å²) >= 11 is 1.21. The largest absolute Gasteiger partial charge is 0.481 e. The van der Waals surface area contributed by atoms with Crippen molar-refractivity contribution >= 4 is 23.6 Å². The molecule has 0 spiro atoms. The minimum Gasteiger partial charge on any atom is -0.481 e. The highest BCUT2D eigenvalue weighted by Crippen LogP contribution is 2.13. The number of hydrogen-bond donors (Lipinski definition) is 2. The van der Waals surface area contributed by atoms with Crippen LogP contribution in [0.1, 0.15) is 0 Å². The third kappa shape index (κ3) is 5.54. The van der Waals surface area contributed by atoms with E-state index in [1.54, 1.807) is 6.07 Å². The van der Waals surface area contributed by atoms with Gasteiger partial charge in [-0.3, -0.25) is 14.4 Å². The molecule has 0 aliphatic heterocycles. The number of carboxylic acid groups (broad SMARTS) is 1. The average Bonchev–Trinajstić information content (AvgIpc) is 2.57. The van der Waals surface area contributed by atoms with Crippen LogP contribution in [0.5, 0.6) is 0 Å². The van der Waals surface area contributed by atoms with Crippen LogP contribution in [0.4, 0.5) is 0 Å². The number of benzene rings is 1. The zero-order chi connectivity index (χ0) is 17.4. The number of nitrogens with zero attached hydrogens (tertiary/aromatic N) is 2. The van der Waals surface area contributed by atoms with E-state index in [0.717, 1.165) is 10.2 Å². The molecule has 0 unspecified atom stereocenters. The molecule has 8 heteroatoms. The van der Waals surface area contributed by atoms with Crippen molar-refractivity contribution in [3.05, 3.63) is 52.8 Å². The zero-order valence-corrected chi connectivity index (χ0v) is 13.7. The smallest absolute Gasteiger partial charge is 0.313 e. The fourth-order valence-corrected chi connectivity index (χ4v) is 2.50. The van der Waals surface area contributed by atoms with Crippen molar-refractivity contribution in [3.63, 3.8) is 0 Å². The van der Waals surface area contributed by atoms with Gasteiger partial charge in [0.2, 0.25) is 5.91 Å². The Morgan fingerprint density at radius 2 is 1.92 bits per heavy atom. The SMILES string of the molecule is O=C(O)CSCCNC(=O)Cn1nc(-c2ccccc2)ccc1=O. The van der Waals surface area contributed by atoms with E-state index in [4.69, 9.17) is 5.11 Å². The van der Waals surface area contributed by atoms with E-state index in [2.05, 4.69) is 10.4 Å². The summed E-state index contributed by atoms with van der Waals surface area (Å²) < 4.78 is 1.11. The topological polar surface area (TPSA) is 101 Å². The van der Waals surface area contributed by atoms with E-state index in [0.29, 0.717) is 18.0 Å². The van der Waals surface area contributed by atoms with Gasteiger partial charge in [0.25, 0.3) is 5.56 Å². The van der Waals surface area contributed by atoms with Gasteiger partial charge in [-0.15, -0.1) is 11.8 Å². The molecule has 0 bridgehead atoms. The van der Waals surface area contributed by atoms with Crippen molar-refractivity contribution in [1.82, 2.24) is 15.1 Å². The van der Waals surface area contributed by atoms with Gasteiger partial charge < -0.3 is 10.4 Å². The number of hydrogen-bond acceptors (Lipinski definition) is 5. The van der Waals surface area contributed by atoms with Gasteiger partial charge in [-0.25, -0.2) is 4.68 Å². The highest BCUT2D eigenvalue weighted by Gasteiger charge is 2.07. The number of carboxylic acids is 1. The summed E-state index contributed by atoms with van der Waals surface area (Å²) in [6, 6.07) is 12.4. The second kappa shape index (κ2) is 8.88. The molecule has 24 heavy (non-hydrogen) atoms. The molecule has 1 aromatic carbocycles. The van der Waals surface area contributed by atoms with Crippen molar-refractivity contribution < 1.29 is 14.7 Å². The van der Waals surface area contributed by atoms with E-state index in [1.807, 2.05) is 30.3 Å². The van der Waals surface area contributed by atoms with Gasteiger partial charge in [-0.1, -0.05) is 30.3 Å². The third-order valence-corrected chi connectivity index (χ3v) is 3.97. The number of thioether (sulfide) groups is 1. The molecular weight excluding hydrogens is 330 g/mol. The first-order valence-corrected chi connectivity index (χ1v) is 8.41. The monoisotopic (exact) mass is 347 g/mol. The lowest BCUT2D eigenvalue weighted by molar-refractivity contribution is -0.133. The standard InChI is InChI=1S/C16H17N3O4S/c20-14(17-8-9-24-11-16(22)23)10-19-15(21)7-6-13(18-19)12-4-2-1-3-5-12/h1-7H,8-11H2,(H,17,20)(H,22,23). The quantitative estimate of drug-likeness (QED) is 0.687. The molecule has 2 aromatic rings. The van der Waals surface area contributed by atoms with Gasteiger partial charge in [-0.05, 0) is 6.07 Å². The van der Waals surface area contributed by atoms with E-state index >= 15 is 0 Å². The summed E-state index contributed by atoms with van der Waals surface area (Å²) in [5.41, 5.74) is 1.11. The predicted octanol–water partition coefficient (Wildman–Crippen LogP) is 0.844. The first kappa shape index (κ1) is 17.7. The summed E-state index contributed by atoms with van der Waals surface area (Å²) in [5, 5.41) is 15.4. The first-order valence-electron chi connectivity index (χ1n) is 7.26. The fraction of sp³-hybridized carbons (Fsp3) is 0.250. The van der Waals surface area contributed by atoms with Crippen molar-refractivity contribution in [2.75, 3.05) is 18.1 Å². The highest BCUT2D eigenvalue weighted by atomic mass is 32.2. The molecule has 1 heterocycles. The van der Waals surface area contributed by atoms with Gasteiger partial charge in [0.15, 0.2) is 0 Å². The van der Waals surface area contributed by atoms with Gasteiger partial charge in [0, 0.05) is 23.9 Å². The fourth-order valence-electron chi connectivity index (χ4n) is 1.94. The lowest BCUT2D eigenvalue weighted by atomic mass is 10.1. The van der Waals surface area contributed by atoms with Gasteiger partial charge in [-0.2, -0.15) is 5.10 Å². The van der Waals surface area contributed by atoms with Crippen molar-refractivity contribution in [1.29, 1.82) is 0 Å². The lowest BCUT2D eigenvalue weighted by Gasteiger charge is -2.08. The second-order valence-corrected chi connectivity index (χ2v) is 5.98. The van der Waals surface area contributed by atoms with E-state index in [9.17, 15) is 14.4 Å². The Morgan fingerprint density at radius 3 is 2.62 bits per heavy atom. The number of nitrogens with one attached hydrogen (secondary N) is 1. The number of amides is 1.